The molecule has 1 fully saturated rings. The van der Waals surface area contributed by atoms with Crippen molar-refractivity contribution in [3.8, 4) is 0 Å². The van der Waals surface area contributed by atoms with E-state index in [-0.39, 0.29) is 18.1 Å². The first-order valence-electron chi connectivity index (χ1n) is 5.87. The predicted molar refractivity (Wildman–Crippen MR) is 72.1 cm³/mol. The van der Waals surface area contributed by atoms with E-state index in [9.17, 15) is 4.79 Å². The van der Waals surface area contributed by atoms with E-state index in [1.807, 2.05) is 42.8 Å². The first-order chi connectivity index (χ1) is 8.77. The summed E-state index contributed by atoms with van der Waals surface area (Å²) in [6.07, 6.45) is -0.0195. The highest BCUT2D eigenvalue weighted by atomic mass is 32.1. The molecule has 1 amide bonds. The Morgan fingerprint density at radius 3 is 2.61 bits per heavy atom. The second kappa shape index (κ2) is 4.55. The van der Waals surface area contributed by atoms with Gasteiger partial charge in [0.2, 0.25) is 5.91 Å². The summed E-state index contributed by atoms with van der Waals surface area (Å²) in [6, 6.07) is 11.7. The van der Waals surface area contributed by atoms with Crippen LogP contribution in [0.5, 0.6) is 0 Å². The third kappa shape index (κ3) is 1.83. The zero-order chi connectivity index (χ0) is 12.5. The van der Waals surface area contributed by atoms with Crippen LogP contribution in [0, 0.1) is 0 Å². The molecule has 0 radical (unpaired) electrons. The summed E-state index contributed by atoms with van der Waals surface area (Å²) in [5.74, 6) is 0.123. The maximum atomic E-state index is 12.3. The fraction of sp³-hybridized carbons (Fsp3) is 0.214. The average Bonchev–Trinajstić information content (AvgIpc) is 3.01. The Morgan fingerprint density at radius 1 is 1.17 bits per heavy atom. The molecule has 3 nitrogen and oxygen atoms in total. The van der Waals surface area contributed by atoms with Crippen LogP contribution in [-0.2, 0) is 4.79 Å². The fourth-order valence-corrected chi connectivity index (χ4v) is 2.99. The molecule has 0 saturated carbocycles. The molecule has 1 saturated heterocycles. The minimum Gasteiger partial charge on any atom is -0.324 e. The van der Waals surface area contributed by atoms with Crippen LogP contribution in [0.25, 0.3) is 0 Å². The normalized spacial score (nSPS) is 23.6. The molecule has 1 N–H and O–H groups in total. The molecule has 2 atom stereocenters. The second-order valence-electron chi connectivity index (χ2n) is 4.42. The fourth-order valence-electron chi connectivity index (χ4n) is 2.31. The molecular formula is C14H14N2OS. The molecule has 1 aliphatic heterocycles. The van der Waals surface area contributed by atoms with Gasteiger partial charge >= 0.3 is 0 Å². The summed E-state index contributed by atoms with van der Waals surface area (Å²) in [5.41, 5.74) is 2.17. The molecule has 4 heteroatoms. The maximum absolute atomic E-state index is 12.3. The van der Waals surface area contributed by atoms with Crippen molar-refractivity contribution in [2.45, 2.75) is 12.2 Å². The van der Waals surface area contributed by atoms with E-state index in [1.54, 1.807) is 16.2 Å². The van der Waals surface area contributed by atoms with Crippen LogP contribution >= 0.6 is 11.3 Å². The quantitative estimate of drug-likeness (QED) is 0.898. The van der Waals surface area contributed by atoms with Gasteiger partial charge in [0.25, 0.3) is 0 Å². The first-order valence-corrected chi connectivity index (χ1v) is 6.81. The van der Waals surface area contributed by atoms with Crippen LogP contribution in [-0.4, -0.2) is 17.9 Å². The standard InChI is InChI=1S/C14H14N2OS/c1-16-13(11-7-8-18-9-11)15-12(14(16)17)10-5-3-2-4-6-10/h2-9,12-13,15H,1H3. The van der Waals surface area contributed by atoms with Crippen LogP contribution < -0.4 is 5.32 Å². The highest BCUT2D eigenvalue weighted by molar-refractivity contribution is 7.07. The molecule has 2 unspecified atom stereocenters. The van der Waals surface area contributed by atoms with Crippen molar-refractivity contribution in [3.05, 3.63) is 58.3 Å². The first kappa shape index (κ1) is 11.4. The summed E-state index contributed by atoms with van der Waals surface area (Å²) in [4.78, 5) is 14.1. The number of amides is 1. The summed E-state index contributed by atoms with van der Waals surface area (Å²) in [6.45, 7) is 0. The van der Waals surface area contributed by atoms with E-state index >= 15 is 0 Å². The Morgan fingerprint density at radius 2 is 1.94 bits per heavy atom. The smallest absolute Gasteiger partial charge is 0.245 e. The van der Waals surface area contributed by atoms with Crippen molar-refractivity contribution in [1.82, 2.24) is 10.2 Å². The summed E-state index contributed by atoms with van der Waals surface area (Å²) >= 11 is 1.65. The van der Waals surface area contributed by atoms with Crippen molar-refractivity contribution in [2.24, 2.45) is 0 Å². The second-order valence-corrected chi connectivity index (χ2v) is 5.20. The molecule has 2 heterocycles. The van der Waals surface area contributed by atoms with Gasteiger partial charge in [-0.15, -0.1) is 0 Å². The molecule has 1 aromatic heterocycles. The molecule has 0 bridgehead atoms. The van der Waals surface area contributed by atoms with Gasteiger partial charge in [-0.05, 0) is 28.0 Å². The Kier molecular flexibility index (Phi) is 2.89. The Balaban J connectivity index is 1.90. The van der Waals surface area contributed by atoms with Crippen molar-refractivity contribution in [1.29, 1.82) is 0 Å². The van der Waals surface area contributed by atoms with E-state index in [0.29, 0.717) is 0 Å². The number of nitrogens with zero attached hydrogens (tertiary/aromatic N) is 1. The predicted octanol–water partition coefficient (Wildman–Crippen LogP) is 2.55. The van der Waals surface area contributed by atoms with Gasteiger partial charge in [-0.25, -0.2) is 0 Å². The van der Waals surface area contributed by atoms with Crippen LogP contribution in [0.2, 0.25) is 0 Å². The lowest BCUT2D eigenvalue weighted by Crippen LogP contribution is -2.25. The molecule has 3 rings (SSSR count). The highest BCUT2D eigenvalue weighted by Crippen LogP contribution is 2.31. The zero-order valence-electron chi connectivity index (χ0n) is 10.0. The summed E-state index contributed by atoms with van der Waals surface area (Å²) in [7, 11) is 1.85. The van der Waals surface area contributed by atoms with E-state index in [0.717, 1.165) is 11.1 Å². The summed E-state index contributed by atoms with van der Waals surface area (Å²) in [5, 5.41) is 7.50. The van der Waals surface area contributed by atoms with Crippen LogP contribution in [0.4, 0.5) is 0 Å². The Hall–Kier alpha value is -1.65. The van der Waals surface area contributed by atoms with Crippen molar-refractivity contribution in [2.75, 3.05) is 7.05 Å². The number of hydrogen-bond donors (Lipinski definition) is 1. The Labute approximate surface area is 110 Å². The third-order valence-electron chi connectivity index (χ3n) is 3.30. The van der Waals surface area contributed by atoms with Gasteiger partial charge in [0, 0.05) is 7.05 Å². The molecule has 92 valence electrons. The van der Waals surface area contributed by atoms with Crippen LogP contribution in [0.15, 0.2) is 47.2 Å². The number of benzene rings is 1. The molecule has 2 aromatic rings. The topological polar surface area (TPSA) is 32.3 Å². The molecule has 1 aliphatic rings. The number of nitrogens with one attached hydrogen (secondary N) is 1. The average molecular weight is 258 g/mol. The molecular weight excluding hydrogens is 244 g/mol. The van der Waals surface area contributed by atoms with Crippen LogP contribution in [0.3, 0.4) is 0 Å². The monoisotopic (exact) mass is 258 g/mol. The van der Waals surface area contributed by atoms with Gasteiger partial charge in [0.15, 0.2) is 0 Å². The van der Waals surface area contributed by atoms with Crippen LogP contribution in [0.1, 0.15) is 23.3 Å². The van der Waals surface area contributed by atoms with Gasteiger partial charge in [0.05, 0.1) is 0 Å². The lowest BCUT2D eigenvalue weighted by atomic mass is 10.1. The number of thiophene rings is 1. The molecule has 0 spiro atoms. The Bertz CT molecular complexity index is 538. The largest absolute Gasteiger partial charge is 0.324 e. The number of likely N-dealkylation sites (N-methyl/N-ethyl adjacent to an activating group) is 1. The highest BCUT2D eigenvalue weighted by Gasteiger charge is 2.38. The maximum Gasteiger partial charge on any atom is 0.245 e. The van der Waals surface area contributed by atoms with E-state index < -0.39 is 0 Å². The zero-order valence-corrected chi connectivity index (χ0v) is 10.9. The van der Waals surface area contributed by atoms with Crippen molar-refractivity contribution < 1.29 is 4.79 Å². The van der Waals surface area contributed by atoms with Gasteiger partial charge in [-0.2, -0.15) is 11.3 Å². The van der Waals surface area contributed by atoms with Crippen molar-refractivity contribution >= 4 is 17.2 Å². The minimum atomic E-state index is -0.235. The number of hydrogen-bond acceptors (Lipinski definition) is 3. The van der Waals surface area contributed by atoms with E-state index in [1.165, 1.54) is 0 Å². The van der Waals surface area contributed by atoms with E-state index in [4.69, 9.17) is 0 Å². The van der Waals surface area contributed by atoms with Gasteiger partial charge in [-0.3, -0.25) is 10.1 Å². The van der Waals surface area contributed by atoms with Crippen molar-refractivity contribution in [3.63, 3.8) is 0 Å². The molecule has 1 aromatic carbocycles. The number of carbonyl (C=O) groups excluding carboxylic acids is 1. The summed E-state index contributed by atoms with van der Waals surface area (Å²) < 4.78 is 0. The minimum absolute atomic E-state index is 0.0195. The lowest BCUT2D eigenvalue weighted by Gasteiger charge is -2.17. The SMILES string of the molecule is CN1C(=O)C(c2ccccc2)NC1c1ccsc1. The van der Waals surface area contributed by atoms with Gasteiger partial charge in [0.1, 0.15) is 12.2 Å². The molecule has 0 aliphatic carbocycles. The number of rotatable bonds is 2. The lowest BCUT2D eigenvalue weighted by molar-refractivity contribution is -0.128. The van der Waals surface area contributed by atoms with Gasteiger partial charge in [-0.1, -0.05) is 30.3 Å². The molecule has 18 heavy (non-hydrogen) atoms. The van der Waals surface area contributed by atoms with E-state index in [2.05, 4.69) is 16.8 Å². The number of carbonyl (C=O) groups is 1. The third-order valence-corrected chi connectivity index (χ3v) is 4.00. The van der Waals surface area contributed by atoms with Gasteiger partial charge < -0.3 is 4.90 Å².